The Hall–Kier alpha value is -4.00. The van der Waals surface area contributed by atoms with Gasteiger partial charge in [0.15, 0.2) is 5.58 Å². The number of nitrogens with zero attached hydrogens (tertiary/aromatic N) is 3. The summed E-state index contributed by atoms with van der Waals surface area (Å²) >= 11 is 0. The average molecular weight is 401 g/mol. The molecule has 0 aliphatic rings. The lowest BCUT2D eigenvalue weighted by molar-refractivity contribution is -0.384. The second-order valence-corrected chi connectivity index (χ2v) is 7.19. The fourth-order valence-electron chi connectivity index (χ4n) is 3.13. The molecule has 1 N–H and O–H groups in total. The molecule has 30 heavy (non-hydrogen) atoms. The molecule has 0 bridgehead atoms. The third-order valence-electron chi connectivity index (χ3n) is 5.00. The van der Waals surface area contributed by atoms with Crippen LogP contribution < -0.4 is 0 Å². The minimum absolute atomic E-state index is 0.0381. The Morgan fingerprint density at radius 1 is 1.03 bits per heavy atom. The average Bonchev–Trinajstić information content (AvgIpc) is 3.14. The minimum Gasteiger partial charge on any atom is -0.507 e. The molecule has 1 aromatic heterocycles. The number of nitro benzene ring substituents is 1. The highest BCUT2D eigenvalue weighted by Crippen LogP contribution is 2.30. The number of non-ortho nitro benzene ring substituents is 1. The van der Waals surface area contributed by atoms with E-state index in [9.17, 15) is 15.2 Å². The van der Waals surface area contributed by atoms with Gasteiger partial charge in [0, 0.05) is 29.5 Å². The van der Waals surface area contributed by atoms with Gasteiger partial charge in [-0.1, -0.05) is 6.07 Å². The number of oxazole rings is 1. The number of aliphatic imine (C=N–C) groups is 1. The lowest BCUT2D eigenvalue weighted by Gasteiger charge is -2.03. The monoisotopic (exact) mass is 401 g/mol. The van der Waals surface area contributed by atoms with E-state index in [0.717, 1.165) is 11.1 Å². The number of hydrogen-bond acceptors (Lipinski definition) is 6. The molecule has 0 aliphatic heterocycles. The number of phenolic OH excluding ortho intramolecular Hbond substituents is 1. The van der Waals surface area contributed by atoms with Gasteiger partial charge in [0.25, 0.3) is 5.69 Å². The van der Waals surface area contributed by atoms with Crippen molar-refractivity contribution in [1.82, 2.24) is 4.98 Å². The fourth-order valence-corrected chi connectivity index (χ4v) is 3.13. The van der Waals surface area contributed by atoms with E-state index in [1.54, 1.807) is 25.1 Å². The van der Waals surface area contributed by atoms with Crippen molar-refractivity contribution in [3.05, 3.63) is 80.9 Å². The van der Waals surface area contributed by atoms with Crippen LogP contribution in [-0.4, -0.2) is 21.2 Å². The molecule has 0 unspecified atom stereocenters. The van der Waals surface area contributed by atoms with Crippen LogP contribution in [-0.2, 0) is 0 Å². The van der Waals surface area contributed by atoms with Crippen LogP contribution in [0.5, 0.6) is 5.75 Å². The first-order chi connectivity index (χ1) is 14.3. The SMILES string of the molecule is Cc1ccc(-c2nc3cc(N=Cc4cc([N+](=O)[O-])cc(C)c4O)ccc3o2)cc1C. The third kappa shape index (κ3) is 3.65. The normalized spacial score (nSPS) is 11.4. The topological polar surface area (TPSA) is 102 Å². The van der Waals surface area contributed by atoms with Crippen LogP contribution in [0.2, 0.25) is 0 Å². The van der Waals surface area contributed by atoms with Gasteiger partial charge in [0.2, 0.25) is 5.89 Å². The molecule has 0 aliphatic carbocycles. The summed E-state index contributed by atoms with van der Waals surface area (Å²) in [6.07, 6.45) is 1.40. The van der Waals surface area contributed by atoms with Gasteiger partial charge in [-0.15, -0.1) is 0 Å². The van der Waals surface area contributed by atoms with E-state index in [1.807, 2.05) is 25.1 Å². The zero-order chi connectivity index (χ0) is 21.4. The van der Waals surface area contributed by atoms with Crippen molar-refractivity contribution in [2.75, 3.05) is 0 Å². The number of phenols is 1. The molecule has 150 valence electrons. The maximum absolute atomic E-state index is 11.1. The Labute approximate surface area is 172 Å². The van der Waals surface area contributed by atoms with Crippen LogP contribution in [0.3, 0.4) is 0 Å². The molecule has 0 radical (unpaired) electrons. The number of hydrogen-bond donors (Lipinski definition) is 1. The molecule has 0 saturated heterocycles. The molecule has 4 aromatic rings. The lowest BCUT2D eigenvalue weighted by Crippen LogP contribution is -1.93. The van der Waals surface area contributed by atoms with Gasteiger partial charge >= 0.3 is 0 Å². The summed E-state index contributed by atoms with van der Waals surface area (Å²) in [5.74, 6) is 0.491. The molecule has 7 nitrogen and oxygen atoms in total. The second kappa shape index (κ2) is 7.44. The highest BCUT2D eigenvalue weighted by Gasteiger charge is 2.13. The van der Waals surface area contributed by atoms with Crippen molar-refractivity contribution in [1.29, 1.82) is 0 Å². The van der Waals surface area contributed by atoms with Crippen molar-refractivity contribution in [3.63, 3.8) is 0 Å². The van der Waals surface area contributed by atoms with Crippen LogP contribution in [0.15, 0.2) is 57.9 Å². The first kappa shape index (κ1) is 19.3. The lowest BCUT2D eigenvalue weighted by atomic mass is 10.1. The number of aromatic hydroxyl groups is 1. The van der Waals surface area contributed by atoms with E-state index in [0.29, 0.717) is 28.2 Å². The molecule has 7 heteroatoms. The van der Waals surface area contributed by atoms with Crippen molar-refractivity contribution < 1.29 is 14.4 Å². The minimum atomic E-state index is -0.500. The van der Waals surface area contributed by atoms with Crippen LogP contribution in [0.4, 0.5) is 11.4 Å². The van der Waals surface area contributed by atoms with E-state index in [-0.39, 0.29) is 17.0 Å². The summed E-state index contributed by atoms with van der Waals surface area (Å²) < 4.78 is 5.87. The van der Waals surface area contributed by atoms with Crippen LogP contribution in [0, 0.1) is 30.9 Å². The maximum atomic E-state index is 11.1. The molecule has 1 heterocycles. The van der Waals surface area contributed by atoms with Crippen molar-refractivity contribution in [2.45, 2.75) is 20.8 Å². The molecular weight excluding hydrogens is 382 g/mol. The molecule has 0 fully saturated rings. The van der Waals surface area contributed by atoms with E-state index < -0.39 is 4.92 Å². The van der Waals surface area contributed by atoms with Crippen molar-refractivity contribution >= 4 is 28.7 Å². The summed E-state index contributed by atoms with van der Waals surface area (Å²) in [6.45, 7) is 5.70. The zero-order valence-electron chi connectivity index (χ0n) is 16.7. The van der Waals surface area contributed by atoms with Gasteiger partial charge in [-0.25, -0.2) is 4.98 Å². The van der Waals surface area contributed by atoms with Gasteiger partial charge in [0.05, 0.1) is 10.6 Å². The summed E-state index contributed by atoms with van der Waals surface area (Å²) in [6, 6.07) is 13.9. The number of aryl methyl sites for hydroxylation is 3. The predicted molar refractivity (Wildman–Crippen MR) is 116 cm³/mol. The molecule has 0 spiro atoms. The third-order valence-corrected chi connectivity index (χ3v) is 5.00. The smallest absolute Gasteiger partial charge is 0.270 e. The molecule has 3 aromatic carbocycles. The zero-order valence-corrected chi connectivity index (χ0v) is 16.7. The van der Waals surface area contributed by atoms with E-state index in [2.05, 4.69) is 16.9 Å². The summed E-state index contributed by atoms with van der Waals surface area (Å²) in [7, 11) is 0. The van der Waals surface area contributed by atoms with Crippen molar-refractivity contribution in [2.24, 2.45) is 4.99 Å². The molecular formula is C23H19N3O4. The van der Waals surface area contributed by atoms with E-state index >= 15 is 0 Å². The van der Waals surface area contributed by atoms with Gasteiger partial charge in [-0.3, -0.25) is 15.1 Å². The first-order valence-corrected chi connectivity index (χ1v) is 9.32. The number of aromatic nitrogens is 1. The molecule has 0 atom stereocenters. The molecule has 0 saturated carbocycles. The maximum Gasteiger partial charge on any atom is 0.270 e. The van der Waals surface area contributed by atoms with Crippen molar-refractivity contribution in [3.8, 4) is 17.2 Å². The Balaban J connectivity index is 1.68. The Kier molecular flexibility index (Phi) is 4.79. The highest BCUT2D eigenvalue weighted by atomic mass is 16.6. The van der Waals surface area contributed by atoms with Crippen LogP contribution in [0.1, 0.15) is 22.3 Å². The van der Waals surface area contributed by atoms with Gasteiger partial charge in [0.1, 0.15) is 11.3 Å². The summed E-state index contributed by atoms with van der Waals surface area (Å²) in [5.41, 5.74) is 5.72. The Bertz CT molecular complexity index is 1320. The Morgan fingerprint density at radius 3 is 2.57 bits per heavy atom. The van der Waals surface area contributed by atoms with Crippen LogP contribution in [0.25, 0.3) is 22.6 Å². The second-order valence-electron chi connectivity index (χ2n) is 7.19. The first-order valence-electron chi connectivity index (χ1n) is 9.32. The standard InChI is InChI=1S/C23H19N3O4/c1-13-4-5-16(8-14(13)2)23-25-20-11-18(6-7-21(20)30-23)24-12-17-10-19(26(28)29)9-15(3)22(17)27/h4-12,27H,1-3H3. The fraction of sp³-hybridized carbons (Fsp3) is 0.130. The number of benzene rings is 3. The molecule has 4 rings (SSSR count). The molecule has 0 amide bonds. The Morgan fingerprint density at radius 2 is 1.83 bits per heavy atom. The number of fused-ring (bicyclic) bond motifs is 1. The highest BCUT2D eigenvalue weighted by molar-refractivity contribution is 5.88. The predicted octanol–water partition coefficient (Wildman–Crippen LogP) is 5.78. The summed E-state index contributed by atoms with van der Waals surface area (Å²) in [5, 5.41) is 21.2. The van der Waals surface area contributed by atoms with Gasteiger partial charge < -0.3 is 9.52 Å². The van der Waals surface area contributed by atoms with E-state index in [4.69, 9.17) is 4.42 Å². The van der Waals surface area contributed by atoms with E-state index in [1.165, 1.54) is 23.9 Å². The largest absolute Gasteiger partial charge is 0.507 e. The number of nitro groups is 1. The van der Waals surface area contributed by atoms with Gasteiger partial charge in [-0.05, 0) is 67.8 Å². The quantitative estimate of drug-likeness (QED) is 0.265. The summed E-state index contributed by atoms with van der Waals surface area (Å²) in [4.78, 5) is 19.5. The number of rotatable bonds is 4. The van der Waals surface area contributed by atoms with Gasteiger partial charge in [-0.2, -0.15) is 0 Å². The van der Waals surface area contributed by atoms with Crippen LogP contribution >= 0.6 is 0 Å².